The average Bonchev–Trinajstić information content (AvgIpc) is 3.06. The fraction of sp³-hybridized carbons (Fsp3) is 0.231. The predicted molar refractivity (Wildman–Crippen MR) is 122 cm³/mol. The molecule has 5 heteroatoms. The Bertz CT molecular complexity index is 1290. The number of nitrogens with one attached hydrogen (secondary N) is 1. The minimum atomic E-state index is -0.00296. The molecule has 3 aromatic carbocycles. The maximum absolute atomic E-state index is 9.24. The van der Waals surface area contributed by atoms with Crippen molar-refractivity contribution in [2.45, 2.75) is 25.9 Å². The zero-order valence-corrected chi connectivity index (χ0v) is 17.9. The normalized spacial score (nSPS) is 12.0. The Balaban J connectivity index is 1.79. The zero-order chi connectivity index (χ0) is 21.8. The minimum absolute atomic E-state index is 0.00296. The van der Waals surface area contributed by atoms with Crippen molar-refractivity contribution in [3.63, 3.8) is 0 Å². The molecule has 0 spiro atoms. The van der Waals surface area contributed by atoms with Crippen LogP contribution in [0.3, 0.4) is 0 Å². The third-order valence-corrected chi connectivity index (χ3v) is 5.63. The Morgan fingerprint density at radius 2 is 1.71 bits per heavy atom. The van der Waals surface area contributed by atoms with Crippen molar-refractivity contribution in [2.24, 2.45) is 0 Å². The smallest absolute Gasteiger partial charge is 0.203 e. The number of methoxy groups -OCH3 is 1. The molecule has 0 aliphatic carbocycles. The molecule has 0 aliphatic rings. The maximum Gasteiger partial charge on any atom is 0.203 e. The second kappa shape index (κ2) is 9.03. The summed E-state index contributed by atoms with van der Waals surface area (Å²) in [7, 11) is 1.71. The number of hydrogen-bond donors (Lipinski definition) is 1. The highest BCUT2D eigenvalue weighted by atomic mass is 16.5. The first kappa shape index (κ1) is 20.6. The van der Waals surface area contributed by atoms with Gasteiger partial charge in [-0.25, -0.2) is 0 Å². The lowest BCUT2D eigenvalue weighted by atomic mass is 10.0. The van der Waals surface area contributed by atoms with E-state index in [4.69, 9.17) is 10.1 Å². The van der Waals surface area contributed by atoms with Gasteiger partial charge in [0.25, 0.3) is 0 Å². The summed E-state index contributed by atoms with van der Waals surface area (Å²) in [5, 5.41) is 18.3. The second-order valence-corrected chi connectivity index (χ2v) is 7.88. The molecule has 0 radical (unpaired) electrons. The van der Waals surface area contributed by atoms with Crippen LogP contribution in [-0.2, 0) is 17.7 Å². The van der Waals surface area contributed by atoms with Crippen molar-refractivity contribution < 1.29 is 4.74 Å². The van der Waals surface area contributed by atoms with Crippen LogP contribution in [-0.4, -0.2) is 22.9 Å². The molecule has 4 rings (SSSR count). The number of hydrogen-bond acceptors (Lipinski definition) is 3. The standard InChI is InChI=1S/C26H26N4O/c1-19-10-12-20(13-11-19)15-23(18-31-2)30-25-9-4-3-8-24(25)29(26(30)28)17-22-7-5-6-21(14-22)16-27/h3-14,23,28H,15,17-18H2,1-2H3. The Hall–Kier alpha value is -3.62. The van der Waals surface area contributed by atoms with Crippen LogP contribution in [0.15, 0.2) is 72.8 Å². The van der Waals surface area contributed by atoms with E-state index >= 15 is 0 Å². The van der Waals surface area contributed by atoms with E-state index in [9.17, 15) is 5.26 Å². The molecule has 1 N–H and O–H groups in total. The molecule has 0 aliphatic heterocycles. The largest absolute Gasteiger partial charge is 0.383 e. The molecule has 4 aromatic rings. The minimum Gasteiger partial charge on any atom is -0.383 e. The molecule has 5 nitrogen and oxygen atoms in total. The molecule has 1 aromatic heterocycles. The molecule has 1 atom stereocenters. The summed E-state index contributed by atoms with van der Waals surface area (Å²) in [5.41, 5.74) is 6.53. The van der Waals surface area contributed by atoms with Crippen LogP contribution in [0.1, 0.15) is 28.3 Å². The fourth-order valence-corrected chi connectivity index (χ4v) is 4.12. The van der Waals surface area contributed by atoms with E-state index in [0.717, 1.165) is 23.0 Å². The molecule has 0 amide bonds. The summed E-state index contributed by atoms with van der Waals surface area (Å²) < 4.78 is 9.65. The Labute approximate surface area is 182 Å². The highest BCUT2D eigenvalue weighted by Gasteiger charge is 2.19. The highest BCUT2D eigenvalue weighted by Crippen LogP contribution is 2.22. The number of rotatable bonds is 7. The number of fused-ring (bicyclic) bond motifs is 1. The predicted octanol–water partition coefficient (Wildman–Crippen LogP) is 4.58. The van der Waals surface area contributed by atoms with E-state index in [-0.39, 0.29) is 6.04 Å². The maximum atomic E-state index is 9.24. The van der Waals surface area contributed by atoms with Gasteiger partial charge in [0.05, 0.1) is 41.9 Å². The van der Waals surface area contributed by atoms with Crippen molar-refractivity contribution in [2.75, 3.05) is 13.7 Å². The lowest BCUT2D eigenvalue weighted by molar-refractivity contribution is 0.154. The molecule has 0 fully saturated rings. The molecule has 0 saturated heterocycles. The summed E-state index contributed by atoms with van der Waals surface area (Å²) in [5.74, 6) is 0. The van der Waals surface area contributed by atoms with E-state index in [0.29, 0.717) is 24.3 Å². The molecule has 0 bridgehead atoms. The summed E-state index contributed by atoms with van der Waals surface area (Å²) in [6.07, 6.45) is 0.780. The van der Waals surface area contributed by atoms with Crippen LogP contribution in [0.2, 0.25) is 0 Å². The van der Waals surface area contributed by atoms with Crippen molar-refractivity contribution in [1.29, 1.82) is 10.7 Å². The van der Waals surface area contributed by atoms with Gasteiger partial charge in [0.1, 0.15) is 0 Å². The van der Waals surface area contributed by atoms with Crippen LogP contribution >= 0.6 is 0 Å². The van der Waals surface area contributed by atoms with Crippen molar-refractivity contribution in [1.82, 2.24) is 9.13 Å². The molecule has 1 unspecified atom stereocenters. The molecular weight excluding hydrogens is 384 g/mol. The second-order valence-electron chi connectivity index (χ2n) is 7.88. The van der Waals surface area contributed by atoms with Gasteiger partial charge in [-0.2, -0.15) is 5.26 Å². The van der Waals surface area contributed by atoms with Crippen LogP contribution in [0.25, 0.3) is 11.0 Å². The quantitative estimate of drug-likeness (QED) is 0.485. The third kappa shape index (κ3) is 4.30. The van der Waals surface area contributed by atoms with Gasteiger partial charge in [-0.15, -0.1) is 0 Å². The van der Waals surface area contributed by atoms with E-state index in [1.165, 1.54) is 11.1 Å². The molecule has 0 saturated carbocycles. The van der Waals surface area contributed by atoms with Gasteiger partial charge < -0.3 is 13.9 Å². The van der Waals surface area contributed by atoms with E-state index in [2.05, 4.69) is 47.9 Å². The molecule has 1 heterocycles. The Morgan fingerprint density at radius 3 is 2.42 bits per heavy atom. The fourth-order valence-electron chi connectivity index (χ4n) is 4.12. The van der Waals surface area contributed by atoms with E-state index in [1.807, 2.05) is 41.0 Å². The summed E-state index contributed by atoms with van der Waals surface area (Å²) >= 11 is 0. The first-order valence-corrected chi connectivity index (χ1v) is 10.4. The number of nitriles is 1. The number of imidazole rings is 1. The molecule has 31 heavy (non-hydrogen) atoms. The van der Waals surface area contributed by atoms with Gasteiger partial charge in [0.2, 0.25) is 5.62 Å². The van der Waals surface area contributed by atoms with Gasteiger partial charge in [-0.3, -0.25) is 5.41 Å². The Morgan fingerprint density at radius 1 is 0.968 bits per heavy atom. The zero-order valence-electron chi connectivity index (χ0n) is 17.9. The average molecular weight is 411 g/mol. The van der Waals surface area contributed by atoms with Crippen LogP contribution in [0, 0.1) is 23.7 Å². The summed E-state index contributed by atoms with van der Waals surface area (Å²) in [6.45, 7) is 3.14. The van der Waals surface area contributed by atoms with Gasteiger partial charge in [-0.05, 0) is 48.7 Å². The van der Waals surface area contributed by atoms with E-state index < -0.39 is 0 Å². The number of aromatic nitrogens is 2. The van der Waals surface area contributed by atoms with Crippen LogP contribution in [0.5, 0.6) is 0 Å². The van der Waals surface area contributed by atoms with Crippen molar-refractivity contribution in [3.05, 3.63) is 101 Å². The van der Waals surface area contributed by atoms with Crippen molar-refractivity contribution >= 4 is 11.0 Å². The highest BCUT2D eigenvalue weighted by molar-refractivity contribution is 5.76. The Kier molecular flexibility index (Phi) is 6.01. The topological polar surface area (TPSA) is 66.7 Å². The number of nitrogens with zero attached hydrogens (tertiary/aromatic N) is 3. The first-order valence-electron chi connectivity index (χ1n) is 10.4. The van der Waals surface area contributed by atoms with Gasteiger partial charge in [-0.1, -0.05) is 54.1 Å². The van der Waals surface area contributed by atoms with Crippen LogP contribution in [0.4, 0.5) is 0 Å². The monoisotopic (exact) mass is 410 g/mol. The van der Waals surface area contributed by atoms with Crippen molar-refractivity contribution in [3.8, 4) is 6.07 Å². The number of benzene rings is 3. The van der Waals surface area contributed by atoms with Gasteiger partial charge >= 0.3 is 0 Å². The molecule has 156 valence electrons. The van der Waals surface area contributed by atoms with Gasteiger partial charge in [0, 0.05) is 7.11 Å². The number of aryl methyl sites for hydroxylation is 1. The first-order chi connectivity index (χ1) is 15.1. The summed E-state index contributed by atoms with van der Waals surface area (Å²) in [6, 6.07) is 26.4. The van der Waals surface area contributed by atoms with Gasteiger partial charge in [0.15, 0.2) is 0 Å². The number of para-hydroxylation sites is 2. The van der Waals surface area contributed by atoms with E-state index in [1.54, 1.807) is 13.2 Å². The number of ether oxygens (including phenoxy) is 1. The lowest BCUT2D eigenvalue weighted by Crippen LogP contribution is -2.31. The SMILES string of the molecule is COCC(Cc1ccc(C)cc1)n1c(=N)n(Cc2cccc(C#N)c2)c2ccccc21. The third-order valence-electron chi connectivity index (χ3n) is 5.63. The summed E-state index contributed by atoms with van der Waals surface area (Å²) in [4.78, 5) is 0. The molecular formula is C26H26N4O. The lowest BCUT2D eigenvalue weighted by Gasteiger charge is -2.19. The van der Waals surface area contributed by atoms with Crippen LogP contribution < -0.4 is 5.62 Å².